The van der Waals surface area contributed by atoms with E-state index in [9.17, 15) is 22.4 Å². The largest absolute Gasteiger partial charge is 0.415 e. The Morgan fingerprint density at radius 2 is 1.97 bits per heavy atom. The zero-order chi connectivity index (χ0) is 23.2. The molecule has 3 aromatic heterocycles. The van der Waals surface area contributed by atoms with E-state index in [1.54, 1.807) is 4.52 Å². The molecule has 0 atom stereocenters. The number of nitrogens with one attached hydrogen (secondary N) is 1. The van der Waals surface area contributed by atoms with Crippen molar-refractivity contribution in [3.8, 4) is 5.88 Å². The maximum Gasteiger partial charge on any atom is 0.388 e. The van der Waals surface area contributed by atoms with Crippen molar-refractivity contribution in [3.63, 3.8) is 0 Å². The maximum atomic E-state index is 13.1. The Hall–Kier alpha value is -2.95. The second-order valence-electron chi connectivity index (χ2n) is 6.90. The minimum Gasteiger partial charge on any atom is -0.415 e. The monoisotopic (exact) mass is 461 g/mol. The summed E-state index contributed by atoms with van der Waals surface area (Å²) in [6, 6.07) is 2.62. The summed E-state index contributed by atoms with van der Waals surface area (Å²) >= 11 is 5.53. The fourth-order valence-corrected chi connectivity index (χ4v) is 3.37. The second kappa shape index (κ2) is 10.4. The summed E-state index contributed by atoms with van der Waals surface area (Å²) < 4.78 is 51.7. The van der Waals surface area contributed by atoms with Crippen molar-refractivity contribution in [2.24, 2.45) is 0 Å². The molecule has 4 rings (SSSR count). The molecule has 12 heteroatoms. The molecule has 0 bridgehead atoms. The number of carbonyl (C=O) groups excluding carboxylic acids is 1. The number of fused-ring (bicyclic) bond motifs is 3. The first-order valence-electron chi connectivity index (χ1n) is 8.93. The first kappa shape index (κ1) is 24.3. The Morgan fingerprint density at radius 3 is 2.58 bits per heavy atom. The molecule has 7 nitrogen and oxygen atoms in total. The molecule has 0 fully saturated rings. The highest BCUT2D eigenvalue weighted by Gasteiger charge is 2.33. The first-order valence-corrected chi connectivity index (χ1v) is 9.31. The first-order chi connectivity index (χ1) is 14.7. The molecule has 0 unspecified atom stereocenters. The predicted octanol–water partition coefficient (Wildman–Crippen LogP) is 4.58. The molecule has 3 aromatic rings. The molecule has 1 amide bonds. The lowest BCUT2D eigenvalue weighted by molar-refractivity contribution is -0.105. The number of aryl methyl sites for hydroxylation is 1. The van der Waals surface area contributed by atoms with Crippen LogP contribution in [0.5, 0.6) is 5.88 Å². The van der Waals surface area contributed by atoms with Gasteiger partial charge in [-0.2, -0.15) is 13.2 Å². The summed E-state index contributed by atoms with van der Waals surface area (Å²) in [6.07, 6.45) is 5.50. The quantitative estimate of drug-likeness (QED) is 0.454. The number of hydrogen-bond donors (Lipinski definition) is 1. The summed E-state index contributed by atoms with van der Waals surface area (Å²) in [4.78, 5) is 17.7. The van der Waals surface area contributed by atoms with Gasteiger partial charge in [0.15, 0.2) is 5.65 Å². The zero-order valence-corrected chi connectivity index (χ0v) is 17.6. The molecule has 1 aliphatic rings. The number of alkyl halides is 3. The second-order valence-corrected chi connectivity index (χ2v) is 7.31. The van der Waals surface area contributed by atoms with E-state index in [1.165, 1.54) is 17.7 Å². The number of aromatic nitrogens is 4. The van der Waals surface area contributed by atoms with Crippen LogP contribution in [0, 0.1) is 5.95 Å². The molecule has 1 N–H and O–H groups in total. The van der Waals surface area contributed by atoms with E-state index in [0.29, 0.717) is 24.9 Å². The number of rotatable bonds is 4. The molecule has 0 saturated heterocycles. The topological polar surface area (TPSA) is 81.4 Å². The third-order valence-electron chi connectivity index (χ3n) is 4.42. The molecule has 3 heterocycles. The van der Waals surface area contributed by atoms with Gasteiger partial charge in [-0.25, -0.2) is 14.5 Å². The maximum absolute atomic E-state index is 13.1. The van der Waals surface area contributed by atoms with Gasteiger partial charge in [-0.05, 0) is 24.5 Å². The Balaban J connectivity index is 0.000000205. The number of anilines is 1. The van der Waals surface area contributed by atoms with Crippen LogP contribution in [0.25, 0.3) is 5.65 Å². The van der Waals surface area contributed by atoms with Gasteiger partial charge in [0.25, 0.3) is 0 Å². The lowest BCUT2D eigenvalue weighted by Gasteiger charge is -2.18. The van der Waals surface area contributed by atoms with Crippen LogP contribution in [-0.4, -0.2) is 39.8 Å². The van der Waals surface area contributed by atoms with Gasteiger partial charge in [-0.3, -0.25) is 9.18 Å². The lowest BCUT2D eigenvalue weighted by atomic mass is 9.91. The number of halogens is 5. The number of pyridine rings is 1. The average Bonchev–Trinajstić information content (AvgIpc) is 3.24. The summed E-state index contributed by atoms with van der Waals surface area (Å²) in [7, 11) is 0.500. The van der Waals surface area contributed by atoms with Crippen LogP contribution in [0.15, 0.2) is 24.5 Å². The molecular formula is C19H20ClF4N5O2. The number of amides is 1. The molecule has 168 valence electrons. The van der Waals surface area contributed by atoms with Crippen LogP contribution >= 0.6 is 11.6 Å². The van der Waals surface area contributed by atoms with E-state index < -0.39 is 12.6 Å². The lowest BCUT2D eigenvalue weighted by Crippen LogP contribution is -2.17. The van der Waals surface area contributed by atoms with E-state index in [0.717, 1.165) is 24.7 Å². The van der Waals surface area contributed by atoms with Crippen LogP contribution < -0.4 is 10.1 Å². The summed E-state index contributed by atoms with van der Waals surface area (Å²) in [5.41, 5.74) is 3.26. The molecule has 0 radical (unpaired) electrons. The van der Waals surface area contributed by atoms with Gasteiger partial charge < -0.3 is 10.1 Å². The van der Waals surface area contributed by atoms with Crippen molar-refractivity contribution in [2.45, 2.75) is 38.7 Å². The SMILES string of the molecule is CC1(C)CCc2cnc3cc(F)nn3c21.CF.O=CNc1cnc(OC(F)F)c(Cl)c1. The molecule has 31 heavy (non-hydrogen) atoms. The van der Waals surface area contributed by atoms with Crippen molar-refractivity contribution < 1.29 is 27.1 Å². The Bertz CT molecular complexity index is 1050. The van der Waals surface area contributed by atoms with Crippen LogP contribution in [0.4, 0.5) is 23.2 Å². The van der Waals surface area contributed by atoms with Crippen molar-refractivity contribution in [1.29, 1.82) is 0 Å². The van der Waals surface area contributed by atoms with E-state index in [-0.39, 0.29) is 16.3 Å². The summed E-state index contributed by atoms with van der Waals surface area (Å²) in [5, 5.41) is 6.03. The van der Waals surface area contributed by atoms with Gasteiger partial charge in [0, 0.05) is 17.7 Å². The Kier molecular flexibility index (Phi) is 8.14. The van der Waals surface area contributed by atoms with E-state index in [2.05, 4.69) is 39.0 Å². The summed E-state index contributed by atoms with van der Waals surface area (Å²) in [6.45, 7) is 1.35. The van der Waals surface area contributed by atoms with Gasteiger partial charge >= 0.3 is 6.61 Å². The molecule has 0 saturated carbocycles. The van der Waals surface area contributed by atoms with Crippen molar-refractivity contribution >= 4 is 29.3 Å². The van der Waals surface area contributed by atoms with Crippen molar-refractivity contribution in [2.75, 3.05) is 12.5 Å². The van der Waals surface area contributed by atoms with Crippen LogP contribution in [0.2, 0.25) is 5.02 Å². The number of nitrogens with zero attached hydrogens (tertiary/aromatic N) is 4. The molecular weight excluding hydrogens is 442 g/mol. The minimum absolute atomic E-state index is 0.0645. The highest BCUT2D eigenvalue weighted by molar-refractivity contribution is 6.32. The Morgan fingerprint density at radius 1 is 1.26 bits per heavy atom. The smallest absolute Gasteiger partial charge is 0.388 e. The number of hydrogen-bond acceptors (Lipinski definition) is 5. The van der Waals surface area contributed by atoms with Gasteiger partial charge in [-0.15, -0.1) is 5.10 Å². The number of carbonyl (C=O) groups is 1. The van der Waals surface area contributed by atoms with Crippen LogP contribution in [-0.2, 0) is 16.6 Å². The zero-order valence-electron chi connectivity index (χ0n) is 16.9. The average molecular weight is 462 g/mol. The molecule has 0 spiro atoms. The highest BCUT2D eigenvalue weighted by Crippen LogP contribution is 2.37. The number of ether oxygens (including phenoxy) is 1. The van der Waals surface area contributed by atoms with Crippen LogP contribution in [0.1, 0.15) is 31.5 Å². The fourth-order valence-electron chi connectivity index (χ4n) is 3.15. The van der Waals surface area contributed by atoms with E-state index >= 15 is 0 Å². The third-order valence-corrected chi connectivity index (χ3v) is 4.69. The standard InChI is InChI=1S/C11H12FN3.C7H5ClF2N2O2.CH3F/c1-11(2)4-3-7-6-13-9-5-8(12)14-15(9)10(7)11;8-5-1-4(12-3-13)2-11-6(5)14-7(9)10;1-2/h5-6H,3-4H2,1-2H3;1-3,7H,(H,12,13);1H3. The minimum atomic E-state index is -2.98. The Labute approximate surface area is 180 Å². The fraction of sp³-hybridized carbons (Fsp3) is 0.368. The van der Waals surface area contributed by atoms with E-state index in [1.807, 2.05) is 6.20 Å². The molecule has 0 aromatic carbocycles. The van der Waals surface area contributed by atoms with Crippen molar-refractivity contribution in [1.82, 2.24) is 19.6 Å². The molecule has 0 aliphatic heterocycles. The third kappa shape index (κ3) is 5.81. The van der Waals surface area contributed by atoms with Gasteiger partial charge in [0.2, 0.25) is 18.2 Å². The molecule has 1 aliphatic carbocycles. The summed E-state index contributed by atoms with van der Waals surface area (Å²) in [5.74, 6) is -0.836. The normalized spacial score (nSPS) is 13.6. The predicted molar refractivity (Wildman–Crippen MR) is 107 cm³/mol. The van der Waals surface area contributed by atoms with Crippen molar-refractivity contribution in [3.05, 3.63) is 46.8 Å². The van der Waals surface area contributed by atoms with Gasteiger partial charge in [0.05, 0.1) is 24.8 Å². The van der Waals surface area contributed by atoms with Gasteiger partial charge in [0.1, 0.15) is 5.02 Å². The highest BCUT2D eigenvalue weighted by atomic mass is 35.5. The van der Waals surface area contributed by atoms with Crippen LogP contribution in [0.3, 0.4) is 0 Å². The van der Waals surface area contributed by atoms with E-state index in [4.69, 9.17) is 11.6 Å². The van der Waals surface area contributed by atoms with Gasteiger partial charge in [-0.1, -0.05) is 25.4 Å².